The van der Waals surface area contributed by atoms with Crippen molar-refractivity contribution in [3.8, 4) is 5.75 Å². The van der Waals surface area contributed by atoms with Crippen LogP contribution in [0.5, 0.6) is 5.75 Å². The number of fused-ring (bicyclic) bond motifs is 3. The van der Waals surface area contributed by atoms with E-state index >= 15 is 0 Å². The molecular formula is C20H24N2O2. The van der Waals surface area contributed by atoms with Crippen molar-refractivity contribution >= 4 is 10.9 Å². The first kappa shape index (κ1) is 14.7. The zero-order chi connectivity index (χ0) is 16.5. The van der Waals surface area contributed by atoms with Gasteiger partial charge in [-0.15, -0.1) is 0 Å². The molecule has 5 fully saturated rings. The fraction of sp³-hybridized carbons (Fsp3) is 0.550. The maximum atomic E-state index is 9.93. The molecule has 0 amide bonds. The molecule has 5 saturated heterocycles. The van der Waals surface area contributed by atoms with Gasteiger partial charge in [0.25, 0.3) is 0 Å². The van der Waals surface area contributed by atoms with Crippen LogP contribution in [-0.2, 0) is 4.74 Å². The minimum absolute atomic E-state index is 0.0508. The zero-order valence-electron chi connectivity index (χ0n) is 14.3. The summed E-state index contributed by atoms with van der Waals surface area (Å²) in [5.74, 6) is 1.73. The van der Waals surface area contributed by atoms with E-state index in [4.69, 9.17) is 4.74 Å². The van der Waals surface area contributed by atoms with Crippen LogP contribution in [0.2, 0.25) is 0 Å². The summed E-state index contributed by atoms with van der Waals surface area (Å²) in [7, 11) is 0. The SMILES string of the molecule is CC[C@@H]1CN2C[C@@]3(C)O[C@H](c4ccnc5ccc(O)cc45)[C@@H]2C[C@@H]13. The second-order valence-electron chi connectivity index (χ2n) is 7.96. The lowest BCUT2D eigenvalue weighted by Crippen LogP contribution is -2.72. The van der Waals surface area contributed by atoms with E-state index in [2.05, 4.69) is 29.8 Å². The minimum Gasteiger partial charge on any atom is -0.508 e. The number of aromatic nitrogens is 1. The maximum absolute atomic E-state index is 9.93. The van der Waals surface area contributed by atoms with Gasteiger partial charge in [-0.25, -0.2) is 0 Å². The summed E-state index contributed by atoms with van der Waals surface area (Å²) in [6, 6.07) is 7.94. The van der Waals surface area contributed by atoms with E-state index < -0.39 is 0 Å². The normalized spacial score (nSPS) is 40.3. The number of rotatable bonds is 2. The Labute approximate surface area is 142 Å². The number of morpholine rings is 1. The highest BCUT2D eigenvalue weighted by atomic mass is 16.5. The third kappa shape index (κ3) is 1.90. The Balaban J connectivity index is 1.60. The smallest absolute Gasteiger partial charge is 0.116 e. The standard InChI is InChI=1S/C20H24N2O2/c1-3-12-10-22-11-20(2)16(12)9-18(22)19(24-20)14-6-7-21-17-5-4-13(23)8-15(14)17/h4-8,12,16,18-19,23H,3,9-11H2,1-2H3/t12-,16+,18+,19-,20-/m1/s1. The van der Waals surface area contributed by atoms with Crippen molar-refractivity contribution in [1.82, 2.24) is 9.88 Å². The molecule has 1 aromatic carbocycles. The molecule has 1 unspecified atom stereocenters. The third-order valence-electron chi connectivity index (χ3n) is 6.64. The predicted octanol–water partition coefficient (Wildman–Crippen LogP) is 3.50. The average molecular weight is 324 g/mol. The Hall–Kier alpha value is -1.65. The Bertz CT molecular complexity index is 807. The van der Waals surface area contributed by atoms with Gasteiger partial charge in [-0.1, -0.05) is 13.3 Å². The van der Waals surface area contributed by atoms with Crippen molar-refractivity contribution in [3.05, 3.63) is 36.0 Å². The van der Waals surface area contributed by atoms with Crippen LogP contribution in [0.3, 0.4) is 0 Å². The molecule has 0 aliphatic carbocycles. The number of aromatic hydroxyl groups is 1. The lowest BCUT2D eigenvalue weighted by molar-refractivity contribution is -0.281. The molecule has 1 N–H and O–H groups in total. The highest BCUT2D eigenvalue weighted by Crippen LogP contribution is 2.55. The Morgan fingerprint density at radius 3 is 3.00 bits per heavy atom. The van der Waals surface area contributed by atoms with Gasteiger partial charge in [0.05, 0.1) is 17.2 Å². The van der Waals surface area contributed by atoms with Crippen LogP contribution in [0.1, 0.15) is 38.4 Å². The van der Waals surface area contributed by atoms with Crippen molar-refractivity contribution < 1.29 is 9.84 Å². The van der Waals surface area contributed by atoms with Crippen molar-refractivity contribution in [2.75, 3.05) is 13.1 Å². The first-order chi connectivity index (χ1) is 11.6. The van der Waals surface area contributed by atoms with Crippen molar-refractivity contribution in [1.29, 1.82) is 0 Å². The number of hydrogen-bond acceptors (Lipinski definition) is 4. The van der Waals surface area contributed by atoms with E-state index in [1.807, 2.05) is 18.3 Å². The summed E-state index contributed by atoms with van der Waals surface area (Å²) in [4.78, 5) is 7.10. The molecule has 5 aliphatic heterocycles. The van der Waals surface area contributed by atoms with Crippen LogP contribution in [0.4, 0.5) is 0 Å². The number of pyridine rings is 1. The molecule has 6 atom stereocenters. The third-order valence-corrected chi connectivity index (χ3v) is 6.64. The lowest BCUT2D eigenvalue weighted by Gasteiger charge is -2.65. The molecule has 24 heavy (non-hydrogen) atoms. The number of piperidine rings is 3. The topological polar surface area (TPSA) is 45.6 Å². The van der Waals surface area contributed by atoms with Gasteiger partial charge in [0.15, 0.2) is 0 Å². The Morgan fingerprint density at radius 2 is 2.25 bits per heavy atom. The number of benzene rings is 1. The number of phenolic OH excluding ortho intramolecular Hbond substituents is 1. The summed E-state index contributed by atoms with van der Waals surface area (Å²) in [5.41, 5.74) is 2.04. The van der Waals surface area contributed by atoms with E-state index in [1.165, 1.54) is 24.9 Å². The molecule has 6 heterocycles. The molecule has 4 heteroatoms. The van der Waals surface area contributed by atoms with Gasteiger partial charge in [0, 0.05) is 30.7 Å². The maximum Gasteiger partial charge on any atom is 0.116 e. The highest BCUT2D eigenvalue weighted by Gasteiger charge is 2.59. The van der Waals surface area contributed by atoms with Gasteiger partial charge in [-0.3, -0.25) is 9.88 Å². The predicted molar refractivity (Wildman–Crippen MR) is 92.9 cm³/mol. The van der Waals surface area contributed by atoms with Gasteiger partial charge >= 0.3 is 0 Å². The fourth-order valence-corrected chi connectivity index (χ4v) is 5.51. The number of hydrogen-bond donors (Lipinski definition) is 1. The van der Waals surface area contributed by atoms with E-state index in [1.54, 1.807) is 6.07 Å². The Morgan fingerprint density at radius 1 is 1.38 bits per heavy atom. The van der Waals surface area contributed by atoms with Crippen LogP contribution in [0.25, 0.3) is 10.9 Å². The Kier molecular flexibility index (Phi) is 3.01. The van der Waals surface area contributed by atoms with Crippen LogP contribution >= 0.6 is 0 Å². The fourth-order valence-electron chi connectivity index (χ4n) is 5.51. The molecule has 7 rings (SSSR count). The molecule has 4 bridgehead atoms. The van der Waals surface area contributed by atoms with E-state index in [0.717, 1.165) is 23.4 Å². The molecule has 0 saturated carbocycles. The molecule has 1 aromatic heterocycles. The number of phenols is 1. The van der Waals surface area contributed by atoms with Gasteiger partial charge in [-0.2, -0.15) is 0 Å². The molecule has 5 aliphatic rings. The lowest BCUT2D eigenvalue weighted by atomic mass is 9.63. The zero-order valence-corrected chi connectivity index (χ0v) is 14.3. The molecule has 2 aromatic rings. The second-order valence-corrected chi connectivity index (χ2v) is 7.96. The minimum atomic E-state index is -0.0508. The van der Waals surface area contributed by atoms with Crippen LogP contribution in [-0.4, -0.2) is 39.7 Å². The van der Waals surface area contributed by atoms with E-state index in [-0.39, 0.29) is 17.5 Å². The summed E-state index contributed by atoms with van der Waals surface area (Å²) in [6.07, 6.45) is 4.40. The summed E-state index contributed by atoms with van der Waals surface area (Å²) >= 11 is 0. The van der Waals surface area contributed by atoms with Crippen LogP contribution in [0.15, 0.2) is 30.5 Å². The van der Waals surface area contributed by atoms with Crippen molar-refractivity contribution in [3.63, 3.8) is 0 Å². The summed E-state index contributed by atoms with van der Waals surface area (Å²) < 4.78 is 6.72. The first-order valence-corrected chi connectivity index (χ1v) is 9.08. The molecule has 4 nitrogen and oxygen atoms in total. The molecule has 0 radical (unpaired) electrons. The average Bonchev–Trinajstić information content (AvgIpc) is 2.59. The number of nitrogens with zero attached hydrogens (tertiary/aromatic N) is 2. The van der Waals surface area contributed by atoms with Gasteiger partial charge in [0.1, 0.15) is 5.75 Å². The molecule has 126 valence electrons. The second kappa shape index (κ2) is 4.93. The summed E-state index contributed by atoms with van der Waals surface area (Å²) in [6.45, 7) is 6.87. The van der Waals surface area contributed by atoms with Gasteiger partial charge < -0.3 is 9.84 Å². The highest BCUT2D eigenvalue weighted by molar-refractivity contribution is 5.83. The monoisotopic (exact) mass is 324 g/mol. The van der Waals surface area contributed by atoms with Crippen molar-refractivity contribution in [2.45, 2.75) is 44.4 Å². The molecular weight excluding hydrogens is 300 g/mol. The van der Waals surface area contributed by atoms with Crippen molar-refractivity contribution in [2.24, 2.45) is 11.8 Å². The van der Waals surface area contributed by atoms with E-state index in [0.29, 0.717) is 12.0 Å². The number of ether oxygens (including phenoxy) is 1. The van der Waals surface area contributed by atoms with Gasteiger partial charge in [-0.05, 0) is 55.0 Å². The largest absolute Gasteiger partial charge is 0.508 e. The quantitative estimate of drug-likeness (QED) is 0.918. The molecule has 0 spiro atoms. The van der Waals surface area contributed by atoms with Crippen LogP contribution < -0.4 is 0 Å². The summed E-state index contributed by atoms with van der Waals surface area (Å²) in [5, 5.41) is 10.9. The van der Waals surface area contributed by atoms with E-state index in [9.17, 15) is 5.11 Å². The van der Waals surface area contributed by atoms with Crippen LogP contribution in [0, 0.1) is 11.8 Å². The van der Waals surface area contributed by atoms with Gasteiger partial charge in [0.2, 0.25) is 0 Å². The first-order valence-electron chi connectivity index (χ1n) is 9.08.